The molecule has 1 fully saturated rings. The van der Waals surface area contributed by atoms with Crippen LogP contribution in [-0.4, -0.2) is 61.3 Å². The molecule has 0 aromatic carbocycles. The molecule has 2 aromatic rings. The van der Waals surface area contributed by atoms with E-state index in [0.29, 0.717) is 11.2 Å². The van der Waals surface area contributed by atoms with Crippen LogP contribution in [0.3, 0.4) is 0 Å². The standard InChI is InChI=1S/C28H50N6O4/c1-2-3-4-5-6-7-8-9-10-11-12-13-14-15-16-17-18-37-24-23(36)21(19-35)38-27(24)34-20-31-22-25(29)32-28(30)33-26(22)34/h20-21,23-24,27,35-36H,2-19H2,1H3,(H4,29,30,32,33)/t21-,23-,24-,27?/m1/s1/i17D/t17?,21-,23-,24-,27?. The normalized spacial score (nSPS) is 22.8. The SMILES string of the molecule is [2H]C(CCCCCCCCCCCCCCCC)CO[C@H]1C(n2cnc3c(N)nc(N)nc32)O[C@H](CO)[C@H]1O. The Bertz CT molecular complexity index is 964. The highest BCUT2D eigenvalue weighted by atomic mass is 16.6. The van der Waals surface area contributed by atoms with Crippen molar-refractivity contribution in [3.63, 3.8) is 0 Å². The quantitative estimate of drug-likeness (QED) is 0.173. The molecule has 38 heavy (non-hydrogen) atoms. The summed E-state index contributed by atoms with van der Waals surface area (Å²) in [5.74, 6) is 0.140. The molecule has 0 aliphatic carbocycles. The summed E-state index contributed by atoms with van der Waals surface area (Å²) in [7, 11) is 0. The largest absolute Gasteiger partial charge is 0.394 e. The van der Waals surface area contributed by atoms with Crippen LogP contribution in [0.25, 0.3) is 11.2 Å². The summed E-state index contributed by atoms with van der Waals surface area (Å²) in [6.45, 7) is 2.05. The Morgan fingerprint density at radius 2 is 1.53 bits per heavy atom. The number of aliphatic hydroxyl groups is 2. The Kier molecular flexibility index (Phi) is 12.8. The van der Waals surface area contributed by atoms with Crippen molar-refractivity contribution in [2.24, 2.45) is 0 Å². The second kappa shape index (κ2) is 16.8. The zero-order chi connectivity index (χ0) is 28.0. The number of hydrogen-bond acceptors (Lipinski definition) is 9. The summed E-state index contributed by atoms with van der Waals surface area (Å²) < 4.78 is 21.9. The summed E-state index contributed by atoms with van der Waals surface area (Å²) in [4.78, 5) is 12.4. The van der Waals surface area contributed by atoms with Crippen LogP contribution in [0.4, 0.5) is 11.8 Å². The van der Waals surface area contributed by atoms with Gasteiger partial charge in [0.25, 0.3) is 0 Å². The highest BCUT2D eigenvalue weighted by molar-refractivity contribution is 5.82. The number of nitrogen functional groups attached to an aromatic ring is 2. The van der Waals surface area contributed by atoms with Crippen LogP contribution in [0.1, 0.15) is 117 Å². The van der Waals surface area contributed by atoms with Gasteiger partial charge in [0, 0.05) is 7.98 Å². The third kappa shape index (κ3) is 9.03. The fourth-order valence-electron chi connectivity index (χ4n) is 5.16. The van der Waals surface area contributed by atoms with E-state index in [0.717, 1.165) is 19.3 Å². The van der Waals surface area contributed by atoms with Gasteiger partial charge in [-0.1, -0.05) is 103 Å². The third-order valence-corrected chi connectivity index (χ3v) is 7.40. The van der Waals surface area contributed by atoms with Crippen molar-refractivity contribution >= 4 is 22.9 Å². The van der Waals surface area contributed by atoms with Gasteiger partial charge in [-0.15, -0.1) is 0 Å². The molecular formula is C28H50N6O4. The monoisotopic (exact) mass is 535 g/mol. The van der Waals surface area contributed by atoms with E-state index >= 15 is 0 Å². The molecule has 0 bridgehead atoms. The number of aromatic nitrogens is 4. The molecule has 1 aliphatic rings. The van der Waals surface area contributed by atoms with Crippen molar-refractivity contribution in [2.75, 3.05) is 24.7 Å². The van der Waals surface area contributed by atoms with Crippen LogP contribution in [0.15, 0.2) is 6.33 Å². The number of fused-ring (bicyclic) bond motifs is 1. The molecule has 0 spiro atoms. The van der Waals surface area contributed by atoms with E-state index < -0.39 is 30.9 Å². The Morgan fingerprint density at radius 1 is 0.947 bits per heavy atom. The smallest absolute Gasteiger partial charge is 0.224 e. The second-order valence-electron chi connectivity index (χ2n) is 10.5. The predicted octanol–water partition coefficient (Wildman–Crippen LogP) is 4.89. The molecule has 0 saturated carbocycles. The van der Waals surface area contributed by atoms with Gasteiger partial charge >= 0.3 is 0 Å². The summed E-state index contributed by atoms with van der Waals surface area (Å²) in [6, 6.07) is 0. The maximum Gasteiger partial charge on any atom is 0.224 e. The van der Waals surface area contributed by atoms with E-state index in [9.17, 15) is 10.2 Å². The third-order valence-electron chi connectivity index (χ3n) is 7.40. The van der Waals surface area contributed by atoms with E-state index in [1.807, 2.05) is 0 Å². The van der Waals surface area contributed by atoms with Gasteiger partial charge in [0.2, 0.25) is 5.95 Å². The minimum atomic E-state index is -1.07. The molecule has 10 nitrogen and oxygen atoms in total. The number of nitrogens with two attached hydrogens (primary N) is 2. The highest BCUT2D eigenvalue weighted by Crippen LogP contribution is 2.34. The molecule has 3 rings (SSSR count). The molecule has 3 heterocycles. The lowest BCUT2D eigenvalue weighted by Crippen LogP contribution is -2.35. The summed E-state index contributed by atoms with van der Waals surface area (Å²) >= 11 is 0. The van der Waals surface area contributed by atoms with Gasteiger partial charge in [-0.2, -0.15) is 9.97 Å². The van der Waals surface area contributed by atoms with Crippen LogP contribution in [0, 0.1) is 0 Å². The van der Waals surface area contributed by atoms with Crippen LogP contribution < -0.4 is 11.5 Å². The van der Waals surface area contributed by atoms with Crippen LogP contribution in [0.5, 0.6) is 0 Å². The Morgan fingerprint density at radius 3 is 2.11 bits per heavy atom. The molecule has 2 unspecified atom stereocenters. The zero-order valence-electron chi connectivity index (χ0n) is 24.1. The fraction of sp³-hybridized carbons (Fsp3) is 0.821. The first-order valence-electron chi connectivity index (χ1n) is 15.3. The molecule has 216 valence electrons. The van der Waals surface area contributed by atoms with E-state index in [-0.39, 0.29) is 25.0 Å². The van der Waals surface area contributed by atoms with Crippen molar-refractivity contribution < 1.29 is 21.1 Å². The molecule has 0 radical (unpaired) electrons. The first-order valence-corrected chi connectivity index (χ1v) is 14.7. The summed E-state index contributed by atoms with van der Waals surface area (Å²) in [5, 5.41) is 20.4. The first-order chi connectivity index (χ1) is 19.0. The van der Waals surface area contributed by atoms with Gasteiger partial charge in [-0.05, 0) is 6.40 Å². The molecular weight excluding hydrogens is 484 g/mol. The summed E-state index contributed by atoms with van der Waals surface area (Å²) in [5.41, 5.74) is 12.4. The molecule has 5 atom stereocenters. The number of anilines is 2. The average molecular weight is 536 g/mol. The molecule has 1 saturated heterocycles. The van der Waals surface area contributed by atoms with E-state index in [1.165, 1.54) is 83.4 Å². The Labute approximate surface area is 228 Å². The number of ether oxygens (including phenoxy) is 2. The molecule has 0 amide bonds. The Hall–Kier alpha value is -2.01. The maximum absolute atomic E-state index is 10.7. The van der Waals surface area contributed by atoms with Gasteiger partial charge in [0.1, 0.15) is 23.8 Å². The van der Waals surface area contributed by atoms with Crippen molar-refractivity contribution in [2.45, 2.75) is 134 Å². The van der Waals surface area contributed by atoms with Gasteiger partial charge < -0.3 is 31.2 Å². The number of hydrogen-bond donors (Lipinski definition) is 4. The van der Waals surface area contributed by atoms with Crippen LogP contribution >= 0.6 is 0 Å². The van der Waals surface area contributed by atoms with Crippen molar-refractivity contribution in [1.82, 2.24) is 19.5 Å². The average Bonchev–Trinajstić information content (AvgIpc) is 3.47. The fourth-order valence-corrected chi connectivity index (χ4v) is 5.16. The number of nitrogens with zero attached hydrogens (tertiary/aromatic N) is 4. The van der Waals surface area contributed by atoms with Crippen molar-refractivity contribution in [3.8, 4) is 0 Å². The van der Waals surface area contributed by atoms with E-state index in [4.69, 9.17) is 22.3 Å². The lowest BCUT2D eigenvalue weighted by molar-refractivity contribution is -0.0711. The zero-order valence-corrected chi connectivity index (χ0v) is 23.1. The lowest BCUT2D eigenvalue weighted by atomic mass is 10.0. The number of aliphatic hydroxyl groups excluding tert-OH is 2. The predicted molar refractivity (Wildman–Crippen MR) is 150 cm³/mol. The molecule has 10 heteroatoms. The number of rotatable bonds is 20. The van der Waals surface area contributed by atoms with E-state index in [1.54, 1.807) is 4.57 Å². The second-order valence-corrected chi connectivity index (χ2v) is 10.5. The molecule has 2 aromatic heterocycles. The topological polar surface area (TPSA) is 155 Å². The Balaban J connectivity index is 1.33. The van der Waals surface area contributed by atoms with E-state index in [2.05, 4.69) is 21.9 Å². The number of unbranched alkanes of at least 4 members (excludes halogenated alkanes) is 13. The van der Waals surface area contributed by atoms with Crippen LogP contribution in [-0.2, 0) is 9.47 Å². The van der Waals surface area contributed by atoms with Gasteiger partial charge in [-0.3, -0.25) is 4.57 Å². The molecule has 1 aliphatic heterocycles. The minimum absolute atomic E-state index is 0.00383. The maximum atomic E-state index is 10.7. The van der Waals surface area contributed by atoms with Crippen molar-refractivity contribution in [1.29, 1.82) is 0 Å². The van der Waals surface area contributed by atoms with Crippen LogP contribution in [0.2, 0.25) is 0 Å². The lowest BCUT2D eigenvalue weighted by Gasteiger charge is -2.22. The number of imidazole rings is 1. The molecule has 6 N–H and O–H groups in total. The summed E-state index contributed by atoms with van der Waals surface area (Å²) in [6.07, 6.45) is 16.6. The van der Waals surface area contributed by atoms with Gasteiger partial charge in [0.15, 0.2) is 17.7 Å². The van der Waals surface area contributed by atoms with Crippen molar-refractivity contribution in [3.05, 3.63) is 6.33 Å². The van der Waals surface area contributed by atoms with Gasteiger partial charge in [-0.25, -0.2) is 4.98 Å². The first kappa shape index (κ1) is 29.0. The minimum Gasteiger partial charge on any atom is -0.394 e. The highest BCUT2D eigenvalue weighted by Gasteiger charge is 2.45. The van der Waals surface area contributed by atoms with Gasteiger partial charge in [0.05, 0.1) is 12.9 Å².